The molecule has 0 aliphatic carbocycles. The molecular formula is C9H9Br2NO2. The van der Waals surface area contributed by atoms with Crippen LogP contribution in [0, 0.1) is 6.92 Å². The predicted molar refractivity (Wildman–Crippen MR) is 62.3 cm³/mol. The summed E-state index contributed by atoms with van der Waals surface area (Å²) in [6.45, 7) is 1.77. The molecule has 14 heavy (non-hydrogen) atoms. The van der Waals surface area contributed by atoms with Crippen LogP contribution in [0.25, 0.3) is 0 Å². The quantitative estimate of drug-likeness (QED) is 0.639. The first-order valence-corrected chi connectivity index (χ1v) is 5.40. The summed E-state index contributed by atoms with van der Waals surface area (Å²) in [6, 6.07) is 1.73. The van der Waals surface area contributed by atoms with E-state index in [0.717, 1.165) is 4.47 Å². The number of methoxy groups -OCH3 is 1. The molecule has 1 aromatic carbocycles. The summed E-state index contributed by atoms with van der Waals surface area (Å²) in [7, 11) is 1.34. The van der Waals surface area contributed by atoms with Gasteiger partial charge in [0, 0.05) is 14.6 Å². The van der Waals surface area contributed by atoms with Crippen molar-refractivity contribution in [1.82, 2.24) is 0 Å². The van der Waals surface area contributed by atoms with E-state index < -0.39 is 5.97 Å². The van der Waals surface area contributed by atoms with Crippen LogP contribution in [0.15, 0.2) is 15.0 Å². The fourth-order valence-corrected chi connectivity index (χ4v) is 2.63. The molecule has 0 unspecified atom stereocenters. The van der Waals surface area contributed by atoms with Gasteiger partial charge >= 0.3 is 5.97 Å². The third kappa shape index (κ3) is 1.93. The third-order valence-electron chi connectivity index (χ3n) is 1.92. The predicted octanol–water partition coefficient (Wildman–Crippen LogP) is 2.89. The number of nitrogens with two attached hydrogens (primary N) is 1. The summed E-state index contributed by atoms with van der Waals surface area (Å²) < 4.78 is 6.08. The van der Waals surface area contributed by atoms with Gasteiger partial charge in [0.05, 0.1) is 12.7 Å². The molecule has 2 N–H and O–H groups in total. The summed E-state index contributed by atoms with van der Waals surface area (Å²) in [6.07, 6.45) is 0. The van der Waals surface area contributed by atoms with Gasteiger partial charge in [0.25, 0.3) is 0 Å². The third-order valence-corrected chi connectivity index (χ3v) is 3.20. The number of hydrogen-bond acceptors (Lipinski definition) is 3. The molecular weight excluding hydrogens is 314 g/mol. The molecule has 76 valence electrons. The van der Waals surface area contributed by atoms with Gasteiger partial charge in [-0.1, -0.05) is 0 Å². The topological polar surface area (TPSA) is 52.3 Å². The Hall–Kier alpha value is -0.550. The number of halogens is 2. The van der Waals surface area contributed by atoms with E-state index in [4.69, 9.17) is 5.73 Å². The van der Waals surface area contributed by atoms with E-state index in [1.165, 1.54) is 7.11 Å². The zero-order valence-corrected chi connectivity index (χ0v) is 10.9. The molecule has 0 spiro atoms. The Balaban J connectivity index is 3.44. The normalized spacial score (nSPS) is 10.0. The largest absolute Gasteiger partial charge is 0.465 e. The van der Waals surface area contributed by atoms with Gasteiger partial charge in [-0.25, -0.2) is 4.79 Å². The Bertz CT molecular complexity index is 391. The van der Waals surface area contributed by atoms with Gasteiger partial charge in [-0.05, 0) is 50.4 Å². The van der Waals surface area contributed by atoms with Gasteiger partial charge in [-0.15, -0.1) is 0 Å². The molecule has 0 aromatic heterocycles. The van der Waals surface area contributed by atoms with E-state index in [-0.39, 0.29) is 0 Å². The molecule has 0 aliphatic rings. The number of carbonyl (C=O) groups excluding carboxylic acids is 1. The summed E-state index contributed by atoms with van der Waals surface area (Å²) in [5.74, 6) is -0.395. The van der Waals surface area contributed by atoms with Crippen molar-refractivity contribution in [2.75, 3.05) is 12.8 Å². The lowest BCUT2D eigenvalue weighted by molar-refractivity contribution is 0.0599. The van der Waals surface area contributed by atoms with E-state index in [9.17, 15) is 4.79 Å². The van der Waals surface area contributed by atoms with Gasteiger partial charge in [-0.3, -0.25) is 0 Å². The van der Waals surface area contributed by atoms with Crippen LogP contribution >= 0.6 is 31.9 Å². The summed E-state index contributed by atoms with van der Waals surface area (Å²) >= 11 is 6.58. The van der Waals surface area contributed by atoms with Crippen molar-refractivity contribution in [3.05, 3.63) is 26.1 Å². The van der Waals surface area contributed by atoms with Crippen molar-refractivity contribution in [3.8, 4) is 0 Å². The number of rotatable bonds is 1. The number of hydrogen-bond donors (Lipinski definition) is 1. The Labute approximate surface area is 98.9 Å². The Morgan fingerprint density at radius 2 is 2.00 bits per heavy atom. The van der Waals surface area contributed by atoms with Crippen LogP contribution in [-0.4, -0.2) is 13.1 Å². The van der Waals surface area contributed by atoms with Crippen molar-refractivity contribution in [1.29, 1.82) is 0 Å². The number of esters is 1. The second-order valence-corrected chi connectivity index (χ2v) is 4.45. The second kappa shape index (κ2) is 4.31. The number of ether oxygens (including phenoxy) is 1. The average Bonchev–Trinajstić information content (AvgIpc) is 2.14. The smallest absolute Gasteiger partial charge is 0.339 e. The van der Waals surface area contributed by atoms with Crippen LogP contribution in [0.5, 0.6) is 0 Å². The first-order chi connectivity index (χ1) is 6.49. The summed E-state index contributed by atoms with van der Waals surface area (Å²) in [4.78, 5) is 11.4. The Morgan fingerprint density at radius 1 is 1.43 bits per heavy atom. The molecule has 0 saturated carbocycles. The lowest BCUT2D eigenvalue weighted by Gasteiger charge is -2.10. The molecule has 3 nitrogen and oxygen atoms in total. The maximum atomic E-state index is 11.4. The number of anilines is 1. The van der Waals surface area contributed by atoms with E-state index in [1.807, 2.05) is 0 Å². The minimum atomic E-state index is -0.395. The first kappa shape index (κ1) is 11.5. The fraction of sp³-hybridized carbons (Fsp3) is 0.222. The van der Waals surface area contributed by atoms with Crippen molar-refractivity contribution < 1.29 is 9.53 Å². The van der Waals surface area contributed by atoms with Crippen LogP contribution in [0.1, 0.15) is 15.9 Å². The summed E-state index contributed by atoms with van der Waals surface area (Å²) in [5, 5.41) is 0. The first-order valence-electron chi connectivity index (χ1n) is 3.81. The SMILES string of the molecule is COC(=O)c1c(Br)cc(Br)c(N)c1C. The van der Waals surface area contributed by atoms with E-state index in [1.54, 1.807) is 13.0 Å². The molecule has 0 atom stereocenters. The molecule has 0 aliphatic heterocycles. The van der Waals surface area contributed by atoms with Crippen molar-refractivity contribution in [3.63, 3.8) is 0 Å². The zero-order chi connectivity index (χ0) is 10.9. The molecule has 0 heterocycles. The zero-order valence-electron chi connectivity index (χ0n) is 7.73. The monoisotopic (exact) mass is 321 g/mol. The van der Waals surface area contributed by atoms with Gasteiger partial charge < -0.3 is 10.5 Å². The maximum Gasteiger partial charge on any atom is 0.339 e. The molecule has 0 bridgehead atoms. The average molecular weight is 323 g/mol. The van der Waals surface area contributed by atoms with Crippen LogP contribution in [-0.2, 0) is 4.74 Å². The van der Waals surface area contributed by atoms with E-state index >= 15 is 0 Å². The van der Waals surface area contributed by atoms with E-state index in [0.29, 0.717) is 21.3 Å². The molecule has 1 aromatic rings. The van der Waals surface area contributed by atoms with Gasteiger partial charge in [0.2, 0.25) is 0 Å². The summed E-state index contributed by atoms with van der Waals surface area (Å²) in [5.41, 5.74) is 7.49. The highest BCUT2D eigenvalue weighted by atomic mass is 79.9. The number of benzene rings is 1. The maximum absolute atomic E-state index is 11.4. The standard InChI is InChI=1S/C9H9Br2NO2/c1-4-7(9(13)14-2)5(10)3-6(11)8(4)12/h3H,12H2,1-2H3. The van der Waals surface area contributed by atoms with Crippen molar-refractivity contribution in [2.24, 2.45) is 0 Å². The second-order valence-electron chi connectivity index (χ2n) is 2.75. The molecule has 0 amide bonds. The van der Waals surface area contributed by atoms with Crippen LogP contribution in [0.2, 0.25) is 0 Å². The Kier molecular flexibility index (Phi) is 3.55. The number of nitrogen functional groups attached to an aromatic ring is 1. The molecule has 0 fully saturated rings. The van der Waals surface area contributed by atoms with Gasteiger partial charge in [0.15, 0.2) is 0 Å². The minimum Gasteiger partial charge on any atom is -0.465 e. The van der Waals surface area contributed by atoms with Crippen LogP contribution in [0.4, 0.5) is 5.69 Å². The highest BCUT2D eigenvalue weighted by molar-refractivity contribution is 9.11. The van der Waals surface area contributed by atoms with Crippen LogP contribution in [0.3, 0.4) is 0 Å². The Morgan fingerprint density at radius 3 is 2.50 bits per heavy atom. The lowest BCUT2D eigenvalue weighted by atomic mass is 10.1. The van der Waals surface area contributed by atoms with Gasteiger partial charge in [-0.2, -0.15) is 0 Å². The highest BCUT2D eigenvalue weighted by Crippen LogP contribution is 2.32. The van der Waals surface area contributed by atoms with E-state index in [2.05, 4.69) is 36.6 Å². The fourth-order valence-electron chi connectivity index (χ4n) is 1.11. The highest BCUT2D eigenvalue weighted by Gasteiger charge is 2.17. The van der Waals surface area contributed by atoms with Gasteiger partial charge in [0.1, 0.15) is 0 Å². The van der Waals surface area contributed by atoms with Crippen LogP contribution < -0.4 is 5.73 Å². The minimum absolute atomic E-state index is 0.395. The molecule has 5 heteroatoms. The molecule has 0 saturated heterocycles. The van der Waals surface area contributed by atoms with Crippen molar-refractivity contribution >= 4 is 43.5 Å². The molecule has 1 rings (SSSR count). The number of carbonyl (C=O) groups is 1. The van der Waals surface area contributed by atoms with Crippen molar-refractivity contribution in [2.45, 2.75) is 6.92 Å². The lowest BCUT2D eigenvalue weighted by Crippen LogP contribution is -2.07. The molecule has 0 radical (unpaired) electrons.